The van der Waals surface area contributed by atoms with E-state index in [-0.39, 0.29) is 17.5 Å². The number of carbonyl (C=O) groups is 2. The summed E-state index contributed by atoms with van der Waals surface area (Å²) in [6.07, 6.45) is 0.831. The summed E-state index contributed by atoms with van der Waals surface area (Å²) in [6.45, 7) is 3.32. The van der Waals surface area contributed by atoms with Gasteiger partial charge in [-0.15, -0.1) is 0 Å². The van der Waals surface area contributed by atoms with E-state index in [9.17, 15) is 14.0 Å². The molecule has 1 aromatic heterocycles. The molecule has 26 heavy (non-hydrogen) atoms. The normalized spacial score (nSPS) is 15.5. The van der Waals surface area contributed by atoms with Gasteiger partial charge in [-0.3, -0.25) is 9.69 Å². The van der Waals surface area contributed by atoms with Gasteiger partial charge in [-0.2, -0.15) is 0 Å². The molecule has 1 amide bonds. The van der Waals surface area contributed by atoms with E-state index in [0.717, 1.165) is 13.0 Å². The Morgan fingerprint density at radius 3 is 2.58 bits per heavy atom. The van der Waals surface area contributed by atoms with E-state index in [1.807, 2.05) is 0 Å². The summed E-state index contributed by atoms with van der Waals surface area (Å²) in [5.74, 6) is -0.0662. The SMILES string of the molecule is COC(=O)c1ccc(CN2CCCN(C(=O)c3ccc(F)cc3)CC2)o1. The molecule has 0 bridgehead atoms. The molecule has 138 valence electrons. The highest BCUT2D eigenvalue weighted by Crippen LogP contribution is 2.15. The number of nitrogens with zero attached hydrogens (tertiary/aromatic N) is 2. The van der Waals surface area contributed by atoms with Crippen molar-refractivity contribution in [2.24, 2.45) is 0 Å². The van der Waals surface area contributed by atoms with E-state index in [2.05, 4.69) is 9.64 Å². The second-order valence-corrected chi connectivity index (χ2v) is 6.19. The Morgan fingerprint density at radius 2 is 1.85 bits per heavy atom. The largest absolute Gasteiger partial charge is 0.463 e. The highest BCUT2D eigenvalue weighted by Gasteiger charge is 2.21. The Kier molecular flexibility index (Phi) is 5.68. The van der Waals surface area contributed by atoms with Crippen LogP contribution in [-0.4, -0.2) is 55.0 Å². The van der Waals surface area contributed by atoms with Gasteiger partial charge < -0.3 is 14.1 Å². The minimum Gasteiger partial charge on any atom is -0.463 e. The molecule has 1 aromatic carbocycles. The summed E-state index contributed by atoms with van der Waals surface area (Å²) in [5.41, 5.74) is 0.494. The fourth-order valence-corrected chi connectivity index (χ4v) is 3.00. The highest BCUT2D eigenvalue weighted by molar-refractivity contribution is 5.94. The van der Waals surface area contributed by atoms with Crippen molar-refractivity contribution in [1.82, 2.24) is 9.80 Å². The van der Waals surface area contributed by atoms with E-state index in [4.69, 9.17) is 4.42 Å². The van der Waals surface area contributed by atoms with Crippen molar-refractivity contribution in [2.75, 3.05) is 33.3 Å². The van der Waals surface area contributed by atoms with Crippen LogP contribution in [-0.2, 0) is 11.3 Å². The van der Waals surface area contributed by atoms with Crippen molar-refractivity contribution >= 4 is 11.9 Å². The van der Waals surface area contributed by atoms with Crippen LogP contribution in [0.25, 0.3) is 0 Å². The van der Waals surface area contributed by atoms with Gasteiger partial charge in [-0.25, -0.2) is 9.18 Å². The number of rotatable bonds is 4. The van der Waals surface area contributed by atoms with Crippen LogP contribution in [0.3, 0.4) is 0 Å². The molecular weight excluding hydrogens is 339 g/mol. The van der Waals surface area contributed by atoms with Crippen LogP contribution < -0.4 is 0 Å². The van der Waals surface area contributed by atoms with E-state index >= 15 is 0 Å². The fourth-order valence-electron chi connectivity index (χ4n) is 3.00. The number of furan rings is 1. The zero-order valence-corrected chi connectivity index (χ0v) is 14.6. The van der Waals surface area contributed by atoms with Crippen molar-refractivity contribution in [3.8, 4) is 0 Å². The van der Waals surface area contributed by atoms with Crippen LogP contribution in [0.5, 0.6) is 0 Å². The smallest absolute Gasteiger partial charge is 0.373 e. The van der Waals surface area contributed by atoms with Crippen LogP contribution in [0.4, 0.5) is 4.39 Å². The monoisotopic (exact) mass is 360 g/mol. The minimum atomic E-state index is -0.497. The van der Waals surface area contributed by atoms with E-state index in [1.54, 1.807) is 17.0 Å². The molecule has 1 fully saturated rings. The number of hydrogen-bond donors (Lipinski definition) is 0. The first kappa shape index (κ1) is 18.1. The predicted molar refractivity (Wildman–Crippen MR) is 92.2 cm³/mol. The van der Waals surface area contributed by atoms with Crippen molar-refractivity contribution in [1.29, 1.82) is 0 Å². The van der Waals surface area contributed by atoms with Gasteiger partial charge in [0.2, 0.25) is 5.76 Å². The Balaban J connectivity index is 1.57. The van der Waals surface area contributed by atoms with Crippen LogP contribution in [0, 0.1) is 5.82 Å². The minimum absolute atomic E-state index is 0.0853. The van der Waals surface area contributed by atoms with E-state index in [0.29, 0.717) is 37.5 Å². The molecule has 6 nitrogen and oxygen atoms in total. The number of hydrogen-bond acceptors (Lipinski definition) is 5. The maximum atomic E-state index is 13.0. The second kappa shape index (κ2) is 8.14. The molecule has 2 heterocycles. The molecule has 1 saturated heterocycles. The topological polar surface area (TPSA) is 63.0 Å². The lowest BCUT2D eigenvalue weighted by atomic mass is 10.2. The first-order valence-corrected chi connectivity index (χ1v) is 8.51. The summed E-state index contributed by atoms with van der Waals surface area (Å²) >= 11 is 0. The number of carbonyl (C=O) groups excluding carboxylic acids is 2. The molecule has 0 aliphatic carbocycles. The molecule has 0 unspecified atom stereocenters. The third kappa shape index (κ3) is 4.29. The van der Waals surface area contributed by atoms with Crippen LogP contribution >= 0.6 is 0 Å². The van der Waals surface area contributed by atoms with Crippen molar-refractivity contribution in [3.63, 3.8) is 0 Å². The fraction of sp³-hybridized carbons (Fsp3) is 0.368. The molecule has 0 spiro atoms. The molecular formula is C19H21FN2O4. The summed E-state index contributed by atoms with van der Waals surface area (Å²) in [7, 11) is 1.31. The Bertz CT molecular complexity index is 772. The first-order valence-electron chi connectivity index (χ1n) is 8.51. The molecule has 2 aromatic rings. The van der Waals surface area contributed by atoms with Gasteiger partial charge in [0.25, 0.3) is 5.91 Å². The van der Waals surface area contributed by atoms with Crippen LogP contribution in [0.15, 0.2) is 40.8 Å². The number of benzene rings is 1. The van der Waals surface area contributed by atoms with E-state index < -0.39 is 5.97 Å². The van der Waals surface area contributed by atoms with Gasteiger partial charge in [-0.1, -0.05) is 0 Å². The van der Waals surface area contributed by atoms with Gasteiger partial charge in [-0.05, 0) is 42.8 Å². The Hall–Kier alpha value is -2.67. The molecule has 1 aliphatic rings. The number of halogens is 1. The Morgan fingerprint density at radius 1 is 1.08 bits per heavy atom. The molecule has 0 radical (unpaired) electrons. The summed E-state index contributed by atoms with van der Waals surface area (Å²) < 4.78 is 23.2. The van der Waals surface area contributed by atoms with Crippen molar-refractivity contribution < 1.29 is 23.1 Å². The molecule has 0 saturated carbocycles. The highest BCUT2D eigenvalue weighted by atomic mass is 19.1. The number of ether oxygens (including phenoxy) is 1. The van der Waals surface area contributed by atoms with Gasteiger partial charge in [0.15, 0.2) is 0 Å². The zero-order chi connectivity index (χ0) is 18.5. The van der Waals surface area contributed by atoms with Gasteiger partial charge in [0, 0.05) is 31.7 Å². The molecule has 0 N–H and O–H groups in total. The third-order valence-electron chi connectivity index (χ3n) is 4.39. The number of esters is 1. The summed E-state index contributed by atoms with van der Waals surface area (Å²) in [5, 5.41) is 0. The Labute approximate surface area is 151 Å². The van der Waals surface area contributed by atoms with E-state index in [1.165, 1.54) is 31.4 Å². The summed E-state index contributed by atoms with van der Waals surface area (Å²) in [4.78, 5) is 28.0. The average molecular weight is 360 g/mol. The average Bonchev–Trinajstić information content (AvgIpc) is 2.99. The third-order valence-corrected chi connectivity index (χ3v) is 4.39. The summed E-state index contributed by atoms with van der Waals surface area (Å²) in [6, 6.07) is 8.98. The van der Waals surface area contributed by atoms with Crippen LogP contribution in [0.2, 0.25) is 0 Å². The second-order valence-electron chi connectivity index (χ2n) is 6.19. The van der Waals surface area contributed by atoms with Gasteiger partial charge in [0.1, 0.15) is 11.6 Å². The maximum Gasteiger partial charge on any atom is 0.373 e. The number of amides is 1. The van der Waals surface area contributed by atoms with Crippen molar-refractivity contribution in [2.45, 2.75) is 13.0 Å². The van der Waals surface area contributed by atoms with Gasteiger partial charge in [0.05, 0.1) is 13.7 Å². The maximum absolute atomic E-state index is 13.0. The van der Waals surface area contributed by atoms with Crippen LogP contribution in [0.1, 0.15) is 33.1 Å². The lowest BCUT2D eigenvalue weighted by molar-refractivity contribution is 0.0560. The predicted octanol–water partition coefficient (Wildman–Crippen LogP) is 2.55. The molecule has 0 atom stereocenters. The lowest BCUT2D eigenvalue weighted by Gasteiger charge is -2.21. The van der Waals surface area contributed by atoms with Gasteiger partial charge >= 0.3 is 5.97 Å². The lowest BCUT2D eigenvalue weighted by Crippen LogP contribution is -2.35. The quantitative estimate of drug-likeness (QED) is 0.784. The first-order chi connectivity index (χ1) is 12.6. The van der Waals surface area contributed by atoms with Crippen molar-refractivity contribution in [3.05, 3.63) is 59.3 Å². The molecule has 3 rings (SSSR count). The number of methoxy groups -OCH3 is 1. The standard InChI is InChI=1S/C19H21FN2O4/c1-25-19(24)17-8-7-16(26-17)13-21-9-2-10-22(12-11-21)18(23)14-3-5-15(20)6-4-14/h3-8H,2,9-13H2,1H3. The molecule has 1 aliphatic heterocycles. The molecule has 7 heteroatoms. The zero-order valence-electron chi connectivity index (χ0n) is 14.6.